The van der Waals surface area contributed by atoms with Crippen molar-refractivity contribution in [3.8, 4) is 0 Å². The molecule has 1 aliphatic heterocycles. The predicted octanol–water partition coefficient (Wildman–Crippen LogP) is 3.61. The summed E-state index contributed by atoms with van der Waals surface area (Å²) in [5.74, 6) is -0.421. The Labute approximate surface area is 121 Å². The van der Waals surface area contributed by atoms with Gasteiger partial charge in [-0.05, 0) is 31.7 Å². The first-order valence-electron chi connectivity index (χ1n) is 6.46. The topological polar surface area (TPSA) is 64.4 Å². The number of hydrogen-bond acceptors (Lipinski definition) is 4. The molecule has 1 heterocycles. The van der Waals surface area contributed by atoms with Crippen molar-refractivity contribution in [2.45, 2.75) is 25.8 Å². The van der Waals surface area contributed by atoms with Crippen LogP contribution >= 0.6 is 11.6 Å². The second kappa shape index (κ2) is 6.37. The van der Waals surface area contributed by atoms with Crippen molar-refractivity contribution in [2.75, 3.05) is 18.5 Å². The Morgan fingerprint density at radius 2 is 2.15 bits per heavy atom. The molecule has 20 heavy (non-hydrogen) atoms. The zero-order valence-electron chi connectivity index (χ0n) is 11.1. The highest BCUT2D eigenvalue weighted by Crippen LogP contribution is 2.32. The number of hydrogen-bond donors (Lipinski definition) is 1. The maximum Gasteiger partial charge on any atom is 0.295 e. The molecule has 1 aliphatic rings. The number of nitrogens with one attached hydrogen (secondary N) is 1. The Kier molecular flexibility index (Phi) is 4.77. The van der Waals surface area contributed by atoms with Crippen LogP contribution in [0.15, 0.2) is 12.1 Å². The van der Waals surface area contributed by atoms with E-state index in [4.69, 9.17) is 16.3 Å². The van der Waals surface area contributed by atoms with Crippen LogP contribution in [0, 0.1) is 21.8 Å². The molecule has 0 aromatic heterocycles. The number of ether oxygens (including phenoxy) is 1. The van der Waals surface area contributed by atoms with Gasteiger partial charge in [0.25, 0.3) is 5.69 Å². The molecule has 1 fully saturated rings. The van der Waals surface area contributed by atoms with Crippen molar-refractivity contribution in [1.82, 2.24) is 0 Å². The summed E-state index contributed by atoms with van der Waals surface area (Å²) in [4.78, 5) is 10.4. The van der Waals surface area contributed by atoms with Gasteiger partial charge in [-0.25, -0.2) is 4.39 Å². The minimum atomic E-state index is -0.789. The van der Waals surface area contributed by atoms with E-state index in [2.05, 4.69) is 5.32 Å². The molecule has 0 radical (unpaired) electrons. The summed E-state index contributed by atoms with van der Waals surface area (Å²) in [6, 6.07) is 2.14. The summed E-state index contributed by atoms with van der Waals surface area (Å²) in [5.41, 5.74) is -0.0498. The molecule has 2 rings (SSSR count). The van der Waals surface area contributed by atoms with Gasteiger partial charge in [-0.3, -0.25) is 10.1 Å². The van der Waals surface area contributed by atoms with Gasteiger partial charge >= 0.3 is 0 Å². The zero-order chi connectivity index (χ0) is 14.7. The van der Waals surface area contributed by atoms with Crippen LogP contribution in [0.5, 0.6) is 0 Å². The van der Waals surface area contributed by atoms with E-state index in [1.807, 2.05) is 6.92 Å². The van der Waals surface area contributed by atoms with Gasteiger partial charge in [0.1, 0.15) is 11.5 Å². The van der Waals surface area contributed by atoms with Crippen molar-refractivity contribution in [3.63, 3.8) is 0 Å². The third kappa shape index (κ3) is 3.37. The van der Waals surface area contributed by atoms with Gasteiger partial charge in [0.15, 0.2) is 0 Å². The van der Waals surface area contributed by atoms with E-state index in [0.29, 0.717) is 19.1 Å². The lowest BCUT2D eigenvalue weighted by atomic mass is 9.93. The van der Waals surface area contributed by atoms with Crippen molar-refractivity contribution in [1.29, 1.82) is 0 Å². The Bertz CT molecular complexity index is 507. The largest absolute Gasteiger partial charge is 0.381 e. The number of nitrogens with zero attached hydrogens (tertiary/aromatic N) is 1. The number of halogens is 2. The molecule has 1 aromatic rings. The van der Waals surface area contributed by atoms with Crippen molar-refractivity contribution in [2.24, 2.45) is 5.92 Å². The lowest BCUT2D eigenvalue weighted by molar-refractivity contribution is -0.384. The molecular formula is C13H16ClFN2O3. The van der Waals surface area contributed by atoms with Crippen molar-refractivity contribution in [3.05, 3.63) is 33.1 Å². The molecule has 0 aliphatic carbocycles. The van der Waals surface area contributed by atoms with Gasteiger partial charge in [-0.1, -0.05) is 11.6 Å². The molecule has 110 valence electrons. The molecule has 0 amide bonds. The van der Waals surface area contributed by atoms with Crippen LogP contribution in [0.4, 0.5) is 15.8 Å². The number of rotatable bonds is 4. The highest BCUT2D eigenvalue weighted by atomic mass is 35.5. The molecule has 5 nitrogen and oxygen atoms in total. The Morgan fingerprint density at radius 3 is 2.75 bits per heavy atom. The standard InChI is InChI=1S/C13H16ClFN2O3/c1-8(9-2-4-20-5-3-9)16-12-6-10(14)11(15)7-13(12)17(18)19/h6-9,16H,2-5H2,1H3. The number of nitro groups is 1. The fourth-order valence-electron chi connectivity index (χ4n) is 2.38. The van der Waals surface area contributed by atoms with E-state index in [1.165, 1.54) is 6.07 Å². The monoisotopic (exact) mass is 302 g/mol. The summed E-state index contributed by atoms with van der Waals surface area (Å²) >= 11 is 5.70. The van der Waals surface area contributed by atoms with E-state index in [-0.39, 0.29) is 22.4 Å². The number of nitro benzene ring substituents is 1. The van der Waals surface area contributed by atoms with Crippen LogP contribution in [-0.4, -0.2) is 24.2 Å². The first-order valence-corrected chi connectivity index (χ1v) is 6.84. The average Bonchev–Trinajstić information content (AvgIpc) is 2.43. The van der Waals surface area contributed by atoms with Crippen LogP contribution in [0.25, 0.3) is 0 Å². The predicted molar refractivity (Wildman–Crippen MR) is 74.7 cm³/mol. The molecule has 1 aromatic carbocycles. The molecule has 0 spiro atoms. The Balaban J connectivity index is 2.19. The van der Waals surface area contributed by atoms with Crippen molar-refractivity contribution < 1.29 is 14.1 Å². The third-order valence-electron chi connectivity index (χ3n) is 3.59. The summed E-state index contributed by atoms with van der Waals surface area (Å²) in [5, 5.41) is 13.9. The summed E-state index contributed by atoms with van der Waals surface area (Å²) < 4.78 is 18.6. The van der Waals surface area contributed by atoms with E-state index in [9.17, 15) is 14.5 Å². The first-order chi connectivity index (χ1) is 9.49. The van der Waals surface area contributed by atoms with Crippen LogP contribution in [-0.2, 0) is 4.74 Å². The van der Waals surface area contributed by atoms with Crippen LogP contribution in [0.3, 0.4) is 0 Å². The molecule has 0 saturated carbocycles. The molecule has 1 saturated heterocycles. The Morgan fingerprint density at radius 1 is 1.50 bits per heavy atom. The minimum absolute atomic E-state index is 0.0270. The second-order valence-electron chi connectivity index (χ2n) is 4.92. The maximum absolute atomic E-state index is 13.3. The lowest BCUT2D eigenvalue weighted by Gasteiger charge is -2.29. The summed E-state index contributed by atoms with van der Waals surface area (Å²) in [7, 11) is 0. The van der Waals surface area contributed by atoms with Gasteiger partial charge in [-0.2, -0.15) is 0 Å². The summed E-state index contributed by atoms with van der Waals surface area (Å²) in [6.45, 7) is 3.35. The zero-order valence-corrected chi connectivity index (χ0v) is 11.8. The molecule has 1 atom stereocenters. The summed E-state index contributed by atoms with van der Waals surface area (Å²) in [6.07, 6.45) is 1.80. The van der Waals surface area contributed by atoms with E-state index < -0.39 is 10.7 Å². The number of anilines is 1. The normalized spacial score (nSPS) is 17.8. The molecule has 0 bridgehead atoms. The van der Waals surface area contributed by atoms with Gasteiger partial charge < -0.3 is 10.1 Å². The molecule has 7 heteroatoms. The Hall–Kier alpha value is -1.40. The maximum atomic E-state index is 13.3. The van der Waals surface area contributed by atoms with Crippen LogP contribution < -0.4 is 5.32 Å². The van der Waals surface area contributed by atoms with Gasteiger partial charge in [0, 0.05) is 19.3 Å². The fourth-order valence-corrected chi connectivity index (χ4v) is 2.55. The van der Waals surface area contributed by atoms with Crippen LogP contribution in [0.1, 0.15) is 19.8 Å². The van der Waals surface area contributed by atoms with E-state index in [1.54, 1.807) is 0 Å². The van der Waals surface area contributed by atoms with Crippen LogP contribution in [0.2, 0.25) is 5.02 Å². The van der Waals surface area contributed by atoms with Gasteiger partial charge in [-0.15, -0.1) is 0 Å². The van der Waals surface area contributed by atoms with E-state index in [0.717, 1.165) is 18.9 Å². The molecule has 1 unspecified atom stereocenters. The number of benzene rings is 1. The highest BCUT2D eigenvalue weighted by molar-refractivity contribution is 6.31. The van der Waals surface area contributed by atoms with Gasteiger partial charge in [0.2, 0.25) is 0 Å². The SMILES string of the molecule is CC(Nc1cc(Cl)c(F)cc1[N+](=O)[O-])C1CCOCC1. The third-order valence-corrected chi connectivity index (χ3v) is 3.88. The average molecular weight is 303 g/mol. The van der Waals surface area contributed by atoms with Crippen molar-refractivity contribution >= 4 is 23.0 Å². The smallest absolute Gasteiger partial charge is 0.295 e. The second-order valence-corrected chi connectivity index (χ2v) is 5.33. The van der Waals surface area contributed by atoms with Gasteiger partial charge in [0.05, 0.1) is 16.0 Å². The first kappa shape index (κ1) is 15.0. The molecular weight excluding hydrogens is 287 g/mol. The highest BCUT2D eigenvalue weighted by Gasteiger charge is 2.24. The molecule has 1 N–H and O–H groups in total. The minimum Gasteiger partial charge on any atom is -0.381 e. The lowest BCUT2D eigenvalue weighted by Crippen LogP contribution is -2.31. The van der Waals surface area contributed by atoms with E-state index >= 15 is 0 Å². The fraction of sp³-hybridized carbons (Fsp3) is 0.538. The quantitative estimate of drug-likeness (QED) is 0.681.